The van der Waals surface area contributed by atoms with Crippen LogP contribution in [-0.2, 0) is 9.59 Å². The molecular weight excluding hydrogens is 256 g/mol. The molecule has 1 fully saturated rings. The number of nitrogens with zero attached hydrogens (tertiary/aromatic N) is 1. The summed E-state index contributed by atoms with van der Waals surface area (Å²) in [6, 6.07) is 0.467. The van der Waals surface area contributed by atoms with Gasteiger partial charge in [-0.25, -0.2) is 0 Å². The SMILES string of the molecule is CCC(C)NC(=O)CCNC(=O)CN1CCC(N)CC1. The van der Waals surface area contributed by atoms with Crippen molar-refractivity contribution in [1.82, 2.24) is 15.5 Å². The minimum atomic E-state index is -0.0168. The van der Waals surface area contributed by atoms with E-state index < -0.39 is 0 Å². The van der Waals surface area contributed by atoms with Crippen LogP contribution in [0.3, 0.4) is 0 Å². The molecule has 0 aromatic heterocycles. The van der Waals surface area contributed by atoms with E-state index in [0.717, 1.165) is 32.4 Å². The first-order valence-electron chi connectivity index (χ1n) is 7.55. The van der Waals surface area contributed by atoms with Gasteiger partial charge in [-0.1, -0.05) is 6.92 Å². The van der Waals surface area contributed by atoms with Crippen LogP contribution in [0.2, 0.25) is 0 Å². The first-order chi connectivity index (χ1) is 9.51. The van der Waals surface area contributed by atoms with Gasteiger partial charge in [0, 0.05) is 38.1 Å². The molecule has 1 rings (SSSR count). The molecule has 0 aromatic carbocycles. The minimum absolute atomic E-state index is 0.0106. The summed E-state index contributed by atoms with van der Waals surface area (Å²) >= 11 is 0. The maximum atomic E-state index is 11.7. The molecule has 20 heavy (non-hydrogen) atoms. The largest absolute Gasteiger partial charge is 0.354 e. The highest BCUT2D eigenvalue weighted by atomic mass is 16.2. The zero-order chi connectivity index (χ0) is 15.0. The van der Waals surface area contributed by atoms with Crippen molar-refractivity contribution in [3.05, 3.63) is 0 Å². The smallest absolute Gasteiger partial charge is 0.234 e. The Balaban J connectivity index is 2.09. The van der Waals surface area contributed by atoms with Crippen LogP contribution in [0.5, 0.6) is 0 Å². The van der Waals surface area contributed by atoms with E-state index in [1.54, 1.807) is 0 Å². The molecule has 1 unspecified atom stereocenters. The summed E-state index contributed by atoms with van der Waals surface area (Å²) in [6.45, 7) is 6.55. The quantitative estimate of drug-likeness (QED) is 0.606. The highest BCUT2D eigenvalue weighted by molar-refractivity contribution is 5.80. The molecule has 0 spiro atoms. The molecule has 0 radical (unpaired) electrons. The molecule has 116 valence electrons. The van der Waals surface area contributed by atoms with Gasteiger partial charge in [0.1, 0.15) is 0 Å². The molecule has 1 heterocycles. The fourth-order valence-electron chi connectivity index (χ4n) is 2.13. The van der Waals surface area contributed by atoms with E-state index in [1.807, 2.05) is 13.8 Å². The lowest BCUT2D eigenvalue weighted by atomic mass is 10.1. The topological polar surface area (TPSA) is 87.5 Å². The number of nitrogens with two attached hydrogens (primary N) is 1. The monoisotopic (exact) mass is 284 g/mol. The molecule has 6 nitrogen and oxygen atoms in total. The predicted octanol–water partition coefficient (Wildman–Crippen LogP) is -0.169. The summed E-state index contributed by atoms with van der Waals surface area (Å²) in [5, 5.41) is 5.67. The lowest BCUT2D eigenvalue weighted by molar-refractivity contribution is -0.123. The molecule has 1 atom stereocenters. The summed E-state index contributed by atoms with van der Waals surface area (Å²) in [4.78, 5) is 25.4. The number of rotatable bonds is 7. The number of hydrogen-bond acceptors (Lipinski definition) is 4. The van der Waals surface area contributed by atoms with Crippen LogP contribution < -0.4 is 16.4 Å². The molecule has 0 aliphatic carbocycles. The fourth-order valence-corrected chi connectivity index (χ4v) is 2.13. The second kappa shape index (κ2) is 8.92. The number of amides is 2. The Morgan fingerprint density at radius 3 is 2.55 bits per heavy atom. The minimum Gasteiger partial charge on any atom is -0.354 e. The van der Waals surface area contributed by atoms with Gasteiger partial charge in [-0.3, -0.25) is 14.5 Å². The molecular formula is C14H28N4O2. The number of hydrogen-bond donors (Lipinski definition) is 3. The number of carbonyl (C=O) groups excluding carboxylic acids is 2. The van der Waals surface area contributed by atoms with E-state index >= 15 is 0 Å². The van der Waals surface area contributed by atoms with Crippen molar-refractivity contribution in [1.29, 1.82) is 0 Å². The maximum absolute atomic E-state index is 11.7. The maximum Gasteiger partial charge on any atom is 0.234 e. The molecule has 1 aliphatic heterocycles. The van der Waals surface area contributed by atoms with Crippen molar-refractivity contribution in [3.63, 3.8) is 0 Å². The number of likely N-dealkylation sites (tertiary alicyclic amines) is 1. The Labute approximate surface area is 121 Å². The molecule has 1 saturated heterocycles. The van der Waals surface area contributed by atoms with Gasteiger partial charge in [0.05, 0.1) is 6.54 Å². The van der Waals surface area contributed by atoms with Crippen LogP contribution in [0.15, 0.2) is 0 Å². The van der Waals surface area contributed by atoms with Gasteiger partial charge in [-0.2, -0.15) is 0 Å². The van der Waals surface area contributed by atoms with Gasteiger partial charge in [-0.15, -0.1) is 0 Å². The normalized spacial score (nSPS) is 18.6. The van der Waals surface area contributed by atoms with Crippen molar-refractivity contribution in [2.45, 2.75) is 51.6 Å². The summed E-state index contributed by atoms with van der Waals surface area (Å²) in [7, 11) is 0. The molecule has 0 bridgehead atoms. The van der Waals surface area contributed by atoms with Gasteiger partial charge in [-0.05, 0) is 26.2 Å². The molecule has 0 aromatic rings. The first kappa shape index (κ1) is 16.9. The zero-order valence-corrected chi connectivity index (χ0v) is 12.7. The van der Waals surface area contributed by atoms with Crippen LogP contribution in [0.25, 0.3) is 0 Å². The summed E-state index contributed by atoms with van der Waals surface area (Å²) in [5.41, 5.74) is 5.82. The van der Waals surface area contributed by atoms with E-state index in [1.165, 1.54) is 0 Å². The lowest BCUT2D eigenvalue weighted by Gasteiger charge is -2.29. The van der Waals surface area contributed by atoms with Crippen LogP contribution in [0.4, 0.5) is 0 Å². The van der Waals surface area contributed by atoms with E-state index in [9.17, 15) is 9.59 Å². The fraction of sp³-hybridized carbons (Fsp3) is 0.857. The van der Waals surface area contributed by atoms with Crippen molar-refractivity contribution in [2.24, 2.45) is 5.73 Å². The average molecular weight is 284 g/mol. The lowest BCUT2D eigenvalue weighted by Crippen LogP contribution is -2.45. The van der Waals surface area contributed by atoms with Gasteiger partial charge in [0.15, 0.2) is 0 Å². The molecule has 0 saturated carbocycles. The summed E-state index contributed by atoms with van der Waals surface area (Å²) in [5.74, 6) is -0.0274. The third-order valence-electron chi connectivity index (χ3n) is 3.69. The molecule has 6 heteroatoms. The van der Waals surface area contributed by atoms with Crippen LogP contribution in [-0.4, -0.2) is 55.0 Å². The number of carbonyl (C=O) groups is 2. The van der Waals surface area contributed by atoms with Crippen LogP contribution >= 0.6 is 0 Å². The second-order valence-corrected chi connectivity index (χ2v) is 5.59. The third-order valence-corrected chi connectivity index (χ3v) is 3.69. The van der Waals surface area contributed by atoms with Gasteiger partial charge in [0.2, 0.25) is 11.8 Å². The van der Waals surface area contributed by atoms with Gasteiger partial charge in [0.25, 0.3) is 0 Å². The average Bonchev–Trinajstić information content (AvgIpc) is 2.41. The van der Waals surface area contributed by atoms with E-state index in [0.29, 0.717) is 19.5 Å². The van der Waals surface area contributed by atoms with Crippen LogP contribution in [0.1, 0.15) is 39.5 Å². The number of piperidine rings is 1. The van der Waals surface area contributed by atoms with Crippen molar-refractivity contribution in [2.75, 3.05) is 26.2 Å². The second-order valence-electron chi connectivity index (χ2n) is 5.59. The van der Waals surface area contributed by atoms with Crippen LogP contribution in [0, 0.1) is 0 Å². The van der Waals surface area contributed by atoms with Gasteiger partial charge < -0.3 is 16.4 Å². The highest BCUT2D eigenvalue weighted by Crippen LogP contribution is 2.07. The Morgan fingerprint density at radius 1 is 1.30 bits per heavy atom. The van der Waals surface area contributed by atoms with E-state index in [2.05, 4.69) is 15.5 Å². The van der Waals surface area contributed by atoms with Gasteiger partial charge >= 0.3 is 0 Å². The molecule has 4 N–H and O–H groups in total. The van der Waals surface area contributed by atoms with E-state index in [-0.39, 0.29) is 23.9 Å². The summed E-state index contributed by atoms with van der Waals surface area (Å²) < 4.78 is 0. The Kier molecular flexibility index (Phi) is 7.54. The Hall–Kier alpha value is -1.14. The van der Waals surface area contributed by atoms with Crippen molar-refractivity contribution >= 4 is 11.8 Å². The van der Waals surface area contributed by atoms with E-state index in [4.69, 9.17) is 5.73 Å². The third kappa shape index (κ3) is 6.86. The Morgan fingerprint density at radius 2 is 1.95 bits per heavy atom. The Bertz CT molecular complexity index is 314. The number of nitrogens with one attached hydrogen (secondary N) is 2. The standard InChI is InChI=1S/C14H28N4O2/c1-3-11(2)17-13(19)4-7-16-14(20)10-18-8-5-12(15)6-9-18/h11-12H,3-10,15H2,1-2H3,(H,16,20)(H,17,19). The highest BCUT2D eigenvalue weighted by Gasteiger charge is 2.18. The van der Waals surface area contributed by atoms with Crippen molar-refractivity contribution in [3.8, 4) is 0 Å². The summed E-state index contributed by atoms with van der Waals surface area (Å²) in [6.07, 6.45) is 3.14. The van der Waals surface area contributed by atoms with Crippen molar-refractivity contribution < 1.29 is 9.59 Å². The molecule has 1 aliphatic rings. The molecule has 2 amide bonds. The predicted molar refractivity (Wildman–Crippen MR) is 79.2 cm³/mol. The zero-order valence-electron chi connectivity index (χ0n) is 12.7. The first-order valence-corrected chi connectivity index (χ1v) is 7.55.